The van der Waals surface area contributed by atoms with Crippen LogP contribution in [0.3, 0.4) is 0 Å². The van der Waals surface area contributed by atoms with Crippen LogP contribution in [0.2, 0.25) is 0 Å². The van der Waals surface area contributed by atoms with Gasteiger partial charge >= 0.3 is 0 Å². The number of aromatic nitrogens is 2. The molecule has 1 saturated heterocycles. The third kappa shape index (κ3) is 3.58. The van der Waals surface area contributed by atoms with Crippen LogP contribution in [-0.4, -0.2) is 35.1 Å². The minimum Gasteiger partial charge on any atom is -0.355 e. The molecule has 6 nitrogen and oxygen atoms in total. The van der Waals surface area contributed by atoms with Gasteiger partial charge in [0.05, 0.1) is 11.7 Å². The second-order valence-electron chi connectivity index (χ2n) is 6.48. The van der Waals surface area contributed by atoms with E-state index in [1.807, 2.05) is 22.9 Å². The van der Waals surface area contributed by atoms with Gasteiger partial charge in [-0.05, 0) is 43.3 Å². The number of thiophene rings is 2. The van der Waals surface area contributed by atoms with Crippen molar-refractivity contribution in [1.29, 1.82) is 0 Å². The maximum Gasteiger partial charge on any atom is 0.263 e. The van der Waals surface area contributed by atoms with Crippen LogP contribution in [0.5, 0.6) is 0 Å². The molecule has 1 aliphatic heterocycles. The number of amides is 1. The molecule has 4 rings (SSSR count). The van der Waals surface area contributed by atoms with E-state index >= 15 is 0 Å². The molecule has 4 heterocycles. The Hall–Kier alpha value is -2.03. The largest absolute Gasteiger partial charge is 0.355 e. The molecule has 1 amide bonds. The summed E-state index contributed by atoms with van der Waals surface area (Å²) in [6.45, 7) is 2.74. The fourth-order valence-electron chi connectivity index (χ4n) is 3.28. The number of nitrogens with zero attached hydrogens (tertiary/aromatic N) is 2. The molecule has 0 aliphatic carbocycles. The van der Waals surface area contributed by atoms with Crippen LogP contribution in [0.25, 0.3) is 20.7 Å². The Kier molecular flexibility index (Phi) is 5.14. The predicted octanol–water partition coefficient (Wildman–Crippen LogP) is 2.30. The number of hydrogen-bond donors (Lipinski definition) is 2. The molecule has 1 atom stereocenters. The lowest BCUT2D eigenvalue weighted by molar-refractivity contribution is -0.121. The zero-order chi connectivity index (χ0) is 17.9. The van der Waals surface area contributed by atoms with E-state index in [0.717, 1.165) is 30.0 Å². The number of carbonyl (C=O) groups is 1. The van der Waals surface area contributed by atoms with Gasteiger partial charge in [0.2, 0.25) is 5.91 Å². The molecule has 2 N–H and O–H groups in total. The summed E-state index contributed by atoms with van der Waals surface area (Å²) < 4.78 is 1.40. The quantitative estimate of drug-likeness (QED) is 0.679. The van der Waals surface area contributed by atoms with E-state index in [1.54, 1.807) is 11.3 Å². The minimum atomic E-state index is -0.158. The van der Waals surface area contributed by atoms with Crippen LogP contribution in [0, 0.1) is 5.92 Å². The molecule has 0 radical (unpaired) electrons. The highest BCUT2D eigenvalue weighted by molar-refractivity contribution is 7.18. The standard InChI is InChI=1S/C18H20N4O2S2/c23-15(20-6-4-12-3-5-19-8-12)9-22-11-21-17-16(18(22)24)13(10-26-17)14-2-1-7-25-14/h1-2,7,10-12,19H,3-6,8-9H2,(H,20,23). The van der Waals surface area contributed by atoms with Crippen LogP contribution < -0.4 is 16.2 Å². The normalized spacial score (nSPS) is 17.0. The Morgan fingerprint density at radius 3 is 3.12 bits per heavy atom. The monoisotopic (exact) mass is 388 g/mol. The van der Waals surface area contributed by atoms with Crippen LogP contribution in [0.15, 0.2) is 34.0 Å². The summed E-state index contributed by atoms with van der Waals surface area (Å²) in [7, 11) is 0. The molecule has 8 heteroatoms. The van der Waals surface area contributed by atoms with E-state index in [4.69, 9.17) is 0 Å². The maximum atomic E-state index is 12.9. The molecule has 1 unspecified atom stereocenters. The Labute approximate surface area is 158 Å². The third-order valence-electron chi connectivity index (χ3n) is 4.70. The first-order valence-corrected chi connectivity index (χ1v) is 10.5. The molecular weight excluding hydrogens is 368 g/mol. The highest BCUT2D eigenvalue weighted by Crippen LogP contribution is 2.33. The van der Waals surface area contributed by atoms with E-state index in [1.165, 1.54) is 28.7 Å². The maximum absolute atomic E-state index is 12.9. The summed E-state index contributed by atoms with van der Waals surface area (Å²) in [4.78, 5) is 31.2. The van der Waals surface area contributed by atoms with E-state index in [2.05, 4.69) is 15.6 Å². The SMILES string of the molecule is O=C(Cn1cnc2scc(-c3cccs3)c2c1=O)NCCC1CCNC1. The van der Waals surface area contributed by atoms with Gasteiger partial charge in [-0.15, -0.1) is 22.7 Å². The van der Waals surface area contributed by atoms with Crippen molar-refractivity contribution in [3.63, 3.8) is 0 Å². The van der Waals surface area contributed by atoms with Gasteiger partial charge in [-0.25, -0.2) is 4.98 Å². The summed E-state index contributed by atoms with van der Waals surface area (Å²) in [6.07, 6.45) is 3.61. The number of nitrogens with one attached hydrogen (secondary N) is 2. The first-order valence-electron chi connectivity index (χ1n) is 8.70. The Bertz CT molecular complexity index is 955. The summed E-state index contributed by atoms with van der Waals surface area (Å²) >= 11 is 3.05. The first kappa shape index (κ1) is 17.4. The van der Waals surface area contributed by atoms with Crippen molar-refractivity contribution >= 4 is 38.8 Å². The number of carbonyl (C=O) groups excluding carboxylic acids is 1. The Morgan fingerprint density at radius 2 is 2.35 bits per heavy atom. The van der Waals surface area contributed by atoms with Gasteiger partial charge in [0.25, 0.3) is 5.56 Å². The van der Waals surface area contributed by atoms with Crippen LogP contribution in [0.4, 0.5) is 0 Å². The molecule has 1 aliphatic rings. The third-order valence-corrected chi connectivity index (χ3v) is 6.49. The summed E-state index contributed by atoms with van der Waals surface area (Å²) in [5, 5.41) is 10.8. The molecule has 136 valence electrons. The zero-order valence-corrected chi connectivity index (χ0v) is 15.9. The molecular formula is C18H20N4O2S2. The number of hydrogen-bond acceptors (Lipinski definition) is 6. The van der Waals surface area contributed by atoms with Gasteiger partial charge < -0.3 is 10.6 Å². The van der Waals surface area contributed by atoms with E-state index in [9.17, 15) is 9.59 Å². The van der Waals surface area contributed by atoms with Crippen molar-refractivity contribution in [2.24, 2.45) is 5.92 Å². The summed E-state index contributed by atoms with van der Waals surface area (Å²) in [5.74, 6) is 0.488. The van der Waals surface area contributed by atoms with Gasteiger partial charge in [0, 0.05) is 22.4 Å². The summed E-state index contributed by atoms with van der Waals surface area (Å²) in [5.41, 5.74) is 0.746. The highest BCUT2D eigenvalue weighted by atomic mass is 32.1. The van der Waals surface area contributed by atoms with E-state index < -0.39 is 0 Å². The first-order chi connectivity index (χ1) is 12.7. The smallest absolute Gasteiger partial charge is 0.263 e. The Balaban J connectivity index is 1.48. The van der Waals surface area contributed by atoms with Gasteiger partial charge in [0.1, 0.15) is 11.4 Å². The lowest BCUT2D eigenvalue weighted by atomic mass is 10.1. The van der Waals surface area contributed by atoms with Crippen molar-refractivity contribution in [2.45, 2.75) is 19.4 Å². The molecule has 0 saturated carbocycles. The van der Waals surface area contributed by atoms with Crippen LogP contribution in [-0.2, 0) is 11.3 Å². The van der Waals surface area contributed by atoms with E-state index in [-0.39, 0.29) is 18.0 Å². The predicted molar refractivity (Wildman–Crippen MR) is 106 cm³/mol. The van der Waals surface area contributed by atoms with Crippen molar-refractivity contribution in [3.8, 4) is 10.4 Å². The number of rotatable bonds is 6. The summed E-state index contributed by atoms with van der Waals surface area (Å²) in [6, 6.07) is 3.96. The minimum absolute atomic E-state index is 0.00438. The molecule has 0 bridgehead atoms. The molecule has 0 aromatic carbocycles. The molecule has 0 spiro atoms. The van der Waals surface area contributed by atoms with Gasteiger partial charge in [-0.1, -0.05) is 6.07 Å². The van der Waals surface area contributed by atoms with Crippen LogP contribution >= 0.6 is 22.7 Å². The Morgan fingerprint density at radius 1 is 1.42 bits per heavy atom. The van der Waals surface area contributed by atoms with Gasteiger partial charge in [0.15, 0.2) is 0 Å². The lowest BCUT2D eigenvalue weighted by Gasteiger charge is -2.10. The van der Waals surface area contributed by atoms with Crippen molar-refractivity contribution in [1.82, 2.24) is 20.2 Å². The van der Waals surface area contributed by atoms with E-state index in [0.29, 0.717) is 22.7 Å². The lowest BCUT2D eigenvalue weighted by Crippen LogP contribution is -2.33. The topological polar surface area (TPSA) is 76.0 Å². The second kappa shape index (κ2) is 7.69. The molecule has 3 aromatic heterocycles. The van der Waals surface area contributed by atoms with Crippen molar-refractivity contribution in [3.05, 3.63) is 39.6 Å². The average molecular weight is 389 g/mol. The van der Waals surface area contributed by atoms with Crippen molar-refractivity contribution < 1.29 is 4.79 Å². The average Bonchev–Trinajstić information content (AvgIpc) is 3.38. The fourth-order valence-corrected chi connectivity index (χ4v) is 5.00. The van der Waals surface area contributed by atoms with Gasteiger partial charge in [-0.2, -0.15) is 0 Å². The number of fused-ring (bicyclic) bond motifs is 1. The zero-order valence-electron chi connectivity index (χ0n) is 14.2. The fraction of sp³-hybridized carbons (Fsp3) is 0.389. The van der Waals surface area contributed by atoms with Crippen molar-refractivity contribution in [2.75, 3.05) is 19.6 Å². The van der Waals surface area contributed by atoms with Crippen LogP contribution in [0.1, 0.15) is 12.8 Å². The molecule has 26 heavy (non-hydrogen) atoms. The van der Waals surface area contributed by atoms with Gasteiger partial charge in [-0.3, -0.25) is 14.2 Å². The molecule has 1 fully saturated rings. The molecule has 3 aromatic rings. The second-order valence-corrected chi connectivity index (χ2v) is 8.29. The highest BCUT2D eigenvalue weighted by Gasteiger charge is 2.16.